The summed E-state index contributed by atoms with van der Waals surface area (Å²) < 4.78 is 7.58. The highest BCUT2D eigenvalue weighted by Gasteiger charge is 2.24. The van der Waals surface area contributed by atoms with E-state index in [1.807, 2.05) is 36.7 Å². The quantitative estimate of drug-likeness (QED) is 0.151. The lowest BCUT2D eigenvalue weighted by molar-refractivity contribution is 0.301. The average molecular weight is 561 g/mol. The summed E-state index contributed by atoms with van der Waals surface area (Å²) in [5.41, 5.74) is 3.12. The van der Waals surface area contributed by atoms with Gasteiger partial charge >= 0.3 is 0 Å². The lowest BCUT2D eigenvalue weighted by atomic mass is 9.98. The molecule has 3 aromatic heterocycles. The number of piperidine rings is 1. The first-order valence-electron chi connectivity index (χ1n) is 14.7. The van der Waals surface area contributed by atoms with Crippen molar-refractivity contribution in [2.45, 2.75) is 90.1 Å². The van der Waals surface area contributed by atoms with E-state index in [0.717, 1.165) is 55.4 Å². The highest BCUT2D eigenvalue weighted by Crippen LogP contribution is 2.31. The fraction of sp³-hybridized carbons (Fsp3) is 0.533. The van der Waals surface area contributed by atoms with Gasteiger partial charge in [-0.1, -0.05) is 51.9 Å². The molecule has 0 unspecified atom stereocenters. The minimum atomic E-state index is 0.457. The fourth-order valence-corrected chi connectivity index (χ4v) is 6.11. The summed E-state index contributed by atoms with van der Waals surface area (Å²) in [6.45, 7) is 4.65. The number of anilines is 1. The Hall–Kier alpha value is -3.40. The summed E-state index contributed by atoms with van der Waals surface area (Å²) in [4.78, 5) is 16.6. The van der Waals surface area contributed by atoms with E-state index in [-0.39, 0.29) is 0 Å². The van der Waals surface area contributed by atoms with Crippen LogP contribution in [0.2, 0.25) is 0 Å². The van der Waals surface area contributed by atoms with Crippen LogP contribution in [0.3, 0.4) is 0 Å². The van der Waals surface area contributed by atoms with Gasteiger partial charge in [0.15, 0.2) is 0 Å². The maximum Gasteiger partial charge on any atom is 0.225 e. The smallest absolute Gasteiger partial charge is 0.225 e. The zero-order valence-corrected chi connectivity index (χ0v) is 24.3. The minimum absolute atomic E-state index is 0.457. The molecule has 0 spiro atoms. The zero-order valence-electron chi connectivity index (χ0n) is 23.5. The number of unbranched alkanes of at least 4 members (excludes halogenated alkanes) is 7. The van der Waals surface area contributed by atoms with E-state index in [0.29, 0.717) is 12.5 Å². The number of tetrazole rings is 1. The molecule has 1 aromatic carbocycles. The van der Waals surface area contributed by atoms with Gasteiger partial charge in [0.05, 0.1) is 16.4 Å². The van der Waals surface area contributed by atoms with Crippen LogP contribution in [0.25, 0.3) is 5.69 Å². The maximum atomic E-state index is 5.96. The number of hydrogen-bond donors (Lipinski definition) is 0. The summed E-state index contributed by atoms with van der Waals surface area (Å²) in [6, 6.07) is 7.71. The molecule has 1 fully saturated rings. The molecule has 9 nitrogen and oxygen atoms in total. The van der Waals surface area contributed by atoms with Crippen molar-refractivity contribution in [3.8, 4) is 11.4 Å². The molecule has 0 amide bonds. The van der Waals surface area contributed by atoms with Crippen LogP contribution in [0.1, 0.15) is 93.3 Å². The number of nitrogens with zero attached hydrogens (tertiary/aromatic N) is 8. The number of benzene rings is 1. The number of rotatable bonds is 15. The van der Waals surface area contributed by atoms with E-state index in [4.69, 9.17) is 19.7 Å². The Morgan fingerprint density at radius 1 is 0.925 bits per heavy atom. The Kier molecular flexibility index (Phi) is 10.4. The van der Waals surface area contributed by atoms with Crippen molar-refractivity contribution in [3.05, 3.63) is 64.6 Å². The second-order valence-electron chi connectivity index (χ2n) is 10.6. The molecule has 0 N–H and O–H groups in total. The third-order valence-electron chi connectivity index (χ3n) is 7.54. The van der Waals surface area contributed by atoms with Gasteiger partial charge in [0.1, 0.15) is 18.7 Å². The van der Waals surface area contributed by atoms with Gasteiger partial charge < -0.3 is 9.64 Å². The van der Waals surface area contributed by atoms with Gasteiger partial charge in [0.2, 0.25) is 5.95 Å². The first kappa shape index (κ1) is 28.1. The summed E-state index contributed by atoms with van der Waals surface area (Å²) in [5.74, 6) is 2.13. The Balaban J connectivity index is 1.01. The SMILES string of the molecule is CCCCCCCCCCc1cnc(N2CCC(c3nc(COc4ccc(-n5cnnn5)cc4)cs3)CC2)nc1. The van der Waals surface area contributed by atoms with Gasteiger partial charge in [-0.25, -0.2) is 19.6 Å². The van der Waals surface area contributed by atoms with Crippen molar-refractivity contribution in [2.75, 3.05) is 18.0 Å². The summed E-state index contributed by atoms with van der Waals surface area (Å²) in [5, 5.41) is 14.6. The molecule has 1 aliphatic rings. The van der Waals surface area contributed by atoms with Crippen molar-refractivity contribution in [1.29, 1.82) is 0 Å². The highest BCUT2D eigenvalue weighted by molar-refractivity contribution is 7.09. The highest BCUT2D eigenvalue weighted by atomic mass is 32.1. The lowest BCUT2D eigenvalue weighted by Gasteiger charge is -2.31. The first-order chi connectivity index (χ1) is 19.8. The molecule has 5 rings (SSSR count). The second-order valence-corrected chi connectivity index (χ2v) is 11.5. The van der Waals surface area contributed by atoms with Gasteiger partial charge in [-0.2, -0.15) is 0 Å². The Morgan fingerprint density at radius 2 is 1.65 bits per heavy atom. The third-order valence-corrected chi connectivity index (χ3v) is 8.60. The minimum Gasteiger partial charge on any atom is -0.487 e. The lowest BCUT2D eigenvalue weighted by Crippen LogP contribution is -2.34. The topological polar surface area (TPSA) is 94.7 Å². The maximum absolute atomic E-state index is 5.96. The second kappa shape index (κ2) is 14.8. The Morgan fingerprint density at radius 3 is 2.35 bits per heavy atom. The van der Waals surface area contributed by atoms with Crippen LogP contribution in [0.4, 0.5) is 5.95 Å². The van der Waals surface area contributed by atoms with Crippen molar-refractivity contribution in [2.24, 2.45) is 0 Å². The Labute approximate surface area is 241 Å². The molecule has 1 saturated heterocycles. The molecular formula is C30H40N8OS. The van der Waals surface area contributed by atoms with Gasteiger partial charge in [0.25, 0.3) is 0 Å². The van der Waals surface area contributed by atoms with Crippen LogP contribution < -0.4 is 9.64 Å². The third kappa shape index (κ3) is 8.06. The van der Waals surface area contributed by atoms with E-state index in [1.165, 1.54) is 61.9 Å². The number of thiazole rings is 1. The summed E-state index contributed by atoms with van der Waals surface area (Å²) in [6.07, 6.45) is 19.6. The fourth-order valence-electron chi connectivity index (χ4n) is 5.14. The van der Waals surface area contributed by atoms with E-state index in [9.17, 15) is 0 Å². The predicted octanol–water partition coefficient (Wildman–Crippen LogP) is 6.56. The molecule has 212 valence electrons. The molecule has 10 heteroatoms. The standard InChI is InChI=1S/C30H40N8OS/c1-2-3-4-5-6-7-8-9-10-24-19-31-30(32-20-24)37-17-15-25(16-18-37)29-34-26(22-40-29)21-39-28-13-11-27(12-14-28)38-23-33-35-36-38/h11-14,19-20,22-23,25H,2-10,15-18,21H2,1H3. The van der Waals surface area contributed by atoms with Gasteiger partial charge in [-0.05, 0) is 65.9 Å². The number of aryl methyl sites for hydroxylation is 1. The van der Waals surface area contributed by atoms with E-state index in [2.05, 4.69) is 32.7 Å². The number of ether oxygens (including phenoxy) is 1. The molecule has 40 heavy (non-hydrogen) atoms. The van der Waals surface area contributed by atoms with Crippen LogP contribution in [-0.2, 0) is 13.0 Å². The average Bonchev–Trinajstić information content (AvgIpc) is 3.72. The summed E-state index contributed by atoms with van der Waals surface area (Å²) >= 11 is 1.74. The largest absolute Gasteiger partial charge is 0.487 e. The van der Waals surface area contributed by atoms with Crippen LogP contribution in [0.5, 0.6) is 5.75 Å². The summed E-state index contributed by atoms with van der Waals surface area (Å²) in [7, 11) is 0. The molecule has 0 saturated carbocycles. The molecule has 0 aliphatic carbocycles. The van der Waals surface area contributed by atoms with Crippen LogP contribution in [0.15, 0.2) is 48.4 Å². The van der Waals surface area contributed by atoms with Crippen LogP contribution >= 0.6 is 11.3 Å². The molecular weight excluding hydrogens is 520 g/mol. The van der Waals surface area contributed by atoms with Crippen molar-refractivity contribution < 1.29 is 4.74 Å². The zero-order chi connectivity index (χ0) is 27.4. The molecule has 0 bridgehead atoms. The molecule has 4 heterocycles. The Bertz CT molecular complexity index is 1250. The van der Waals surface area contributed by atoms with E-state index < -0.39 is 0 Å². The van der Waals surface area contributed by atoms with Gasteiger partial charge in [-0.15, -0.1) is 16.4 Å². The van der Waals surface area contributed by atoms with Crippen LogP contribution in [-0.4, -0.2) is 48.2 Å². The molecule has 4 aromatic rings. The predicted molar refractivity (Wildman–Crippen MR) is 158 cm³/mol. The first-order valence-corrected chi connectivity index (χ1v) is 15.6. The normalized spacial score (nSPS) is 14.1. The monoisotopic (exact) mass is 560 g/mol. The van der Waals surface area contributed by atoms with Crippen molar-refractivity contribution >= 4 is 17.3 Å². The molecule has 0 atom stereocenters. The number of aromatic nitrogens is 7. The van der Waals surface area contributed by atoms with E-state index >= 15 is 0 Å². The number of hydrogen-bond acceptors (Lipinski definition) is 9. The van der Waals surface area contributed by atoms with Gasteiger partial charge in [-0.3, -0.25) is 0 Å². The van der Waals surface area contributed by atoms with Crippen molar-refractivity contribution in [1.82, 2.24) is 35.2 Å². The van der Waals surface area contributed by atoms with Crippen molar-refractivity contribution in [3.63, 3.8) is 0 Å². The van der Waals surface area contributed by atoms with Crippen LogP contribution in [0, 0.1) is 0 Å². The van der Waals surface area contributed by atoms with Gasteiger partial charge in [0, 0.05) is 36.8 Å². The molecule has 1 aliphatic heterocycles. The molecule has 0 radical (unpaired) electrons. The van der Waals surface area contributed by atoms with E-state index in [1.54, 1.807) is 22.3 Å².